The zero-order chi connectivity index (χ0) is 9.02. The summed E-state index contributed by atoms with van der Waals surface area (Å²) in [4.78, 5) is 19.4. The molecule has 0 aromatic rings. The monoisotopic (exact) mass is 179 g/mol. The Labute approximate surface area is 66.4 Å². The highest BCUT2D eigenvalue weighted by atomic mass is 32.1. The zero-order valence-corrected chi connectivity index (χ0v) is 5.96. The van der Waals surface area contributed by atoms with Crippen molar-refractivity contribution in [3.63, 3.8) is 0 Å². The Bertz CT molecular complexity index is 203. The summed E-state index contributed by atoms with van der Waals surface area (Å²) in [6.45, 7) is 0. The third-order valence-electron chi connectivity index (χ3n) is 0.849. The highest BCUT2D eigenvalue weighted by Gasteiger charge is 2.26. The van der Waals surface area contributed by atoms with Gasteiger partial charge in [0.1, 0.15) is 4.86 Å². The summed E-state index contributed by atoms with van der Waals surface area (Å²) in [5.74, 6) is -3.09. The molecule has 1 unspecified atom stereocenters. The van der Waals surface area contributed by atoms with E-state index >= 15 is 0 Å². The van der Waals surface area contributed by atoms with Crippen molar-refractivity contribution in [1.29, 1.82) is 0 Å². The number of carboxylic acids is 2. The van der Waals surface area contributed by atoms with Gasteiger partial charge in [-0.2, -0.15) is 5.48 Å². The van der Waals surface area contributed by atoms with E-state index < -0.39 is 22.8 Å². The molecular weight excluding hydrogens is 174 g/mol. The van der Waals surface area contributed by atoms with Crippen molar-refractivity contribution in [3.8, 4) is 0 Å². The molecule has 0 fully saturated rings. The van der Waals surface area contributed by atoms with E-state index in [1.165, 1.54) is 5.48 Å². The van der Waals surface area contributed by atoms with Gasteiger partial charge in [-0.3, -0.25) is 4.79 Å². The molecule has 1 atom stereocenters. The lowest BCUT2D eigenvalue weighted by atomic mass is 10.2. The average molecular weight is 179 g/mol. The summed E-state index contributed by atoms with van der Waals surface area (Å²) in [6, 6.07) is -1.73. The molecule has 0 bridgehead atoms. The molecule has 0 heterocycles. The second-order valence-electron chi connectivity index (χ2n) is 1.57. The molecule has 0 saturated heterocycles. The van der Waals surface area contributed by atoms with E-state index in [1.807, 2.05) is 0 Å². The molecule has 62 valence electrons. The number of carbonyl (C=O) groups is 2. The van der Waals surface area contributed by atoms with Crippen LogP contribution in [0, 0.1) is 0 Å². The minimum Gasteiger partial charge on any atom is -0.480 e. The van der Waals surface area contributed by atoms with Gasteiger partial charge in [0.25, 0.3) is 0 Å². The normalized spacial score (nSPS) is 12.1. The Morgan fingerprint density at radius 1 is 1.36 bits per heavy atom. The molecule has 11 heavy (non-hydrogen) atoms. The van der Waals surface area contributed by atoms with E-state index in [0.717, 1.165) is 0 Å². The number of carboxylic acid groups (broad SMARTS) is 2. The van der Waals surface area contributed by atoms with Crippen LogP contribution in [-0.4, -0.2) is 38.3 Å². The van der Waals surface area contributed by atoms with E-state index in [1.54, 1.807) is 0 Å². The van der Waals surface area contributed by atoms with Crippen molar-refractivity contribution >= 4 is 29.0 Å². The Morgan fingerprint density at radius 3 is 1.91 bits per heavy atom. The summed E-state index contributed by atoms with van der Waals surface area (Å²) in [6.07, 6.45) is 0. The molecule has 0 spiro atoms. The Morgan fingerprint density at radius 2 is 1.82 bits per heavy atom. The largest absolute Gasteiger partial charge is 0.480 e. The van der Waals surface area contributed by atoms with Crippen molar-refractivity contribution in [2.45, 2.75) is 6.04 Å². The van der Waals surface area contributed by atoms with Gasteiger partial charge in [0, 0.05) is 0 Å². The summed E-state index contributed by atoms with van der Waals surface area (Å²) < 4.78 is 0. The summed E-state index contributed by atoms with van der Waals surface area (Å²) in [5.41, 5.74) is 1.26. The predicted molar refractivity (Wildman–Crippen MR) is 36.6 cm³/mol. The lowest BCUT2D eigenvalue weighted by Crippen LogP contribution is -2.44. The van der Waals surface area contributed by atoms with Crippen LogP contribution >= 0.6 is 12.2 Å². The molecule has 0 saturated carbocycles. The summed E-state index contributed by atoms with van der Waals surface area (Å²) in [5, 5.41) is 24.5. The third-order valence-corrected chi connectivity index (χ3v) is 1.26. The SMILES string of the molecule is O=C(O)C(=S)C(NO)C(=O)O. The summed E-state index contributed by atoms with van der Waals surface area (Å²) in [7, 11) is 0. The second-order valence-corrected chi connectivity index (χ2v) is 2.01. The molecule has 0 rings (SSSR count). The third kappa shape index (κ3) is 2.58. The van der Waals surface area contributed by atoms with Crippen LogP contribution in [0.1, 0.15) is 0 Å². The van der Waals surface area contributed by atoms with Gasteiger partial charge in [0.05, 0.1) is 0 Å². The van der Waals surface area contributed by atoms with Crippen LogP contribution in [-0.2, 0) is 9.59 Å². The molecule has 6 nitrogen and oxygen atoms in total. The fourth-order valence-corrected chi connectivity index (χ4v) is 0.503. The molecule has 0 amide bonds. The topological polar surface area (TPSA) is 107 Å². The van der Waals surface area contributed by atoms with Crippen LogP contribution in [0.4, 0.5) is 0 Å². The fourth-order valence-electron chi connectivity index (χ4n) is 0.349. The average Bonchev–Trinajstić information content (AvgIpc) is 1.88. The second kappa shape index (κ2) is 3.96. The number of nitrogens with one attached hydrogen (secondary N) is 1. The van der Waals surface area contributed by atoms with E-state index in [-0.39, 0.29) is 0 Å². The van der Waals surface area contributed by atoms with Crippen molar-refractivity contribution in [2.75, 3.05) is 0 Å². The van der Waals surface area contributed by atoms with Crippen molar-refractivity contribution in [1.82, 2.24) is 5.48 Å². The first kappa shape index (κ1) is 9.95. The lowest BCUT2D eigenvalue weighted by Gasteiger charge is -2.06. The first-order chi connectivity index (χ1) is 5.00. The lowest BCUT2D eigenvalue weighted by molar-refractivity contribution is -0.141. The molecule has 0 aromatic carbocycles. The van der Waals surface area contributed by atoms with Crippen LogP contribution in [0.2, 0.25) is 0 Å². The molecule has 0 aliphatic rings. The Hall–Kier alpha value is -1.05. The first-order valence-electron chi connectivity index (χ1n) is 2.40. The van der Waals surface area contributed by atoms with Gasteiger partial charge in [-0.1, -0.05) is 12.2 Å². The molecule has 0 aliphatic carbocycles. The van der Waals surface area contributed by atoms with Crippen LogP contribution in [0.25, 0.3) is 0 Å². The molecule has 4 N–H and O–H groups in total. The predicted octanol–water partition coefficient (Wildman–Crippen LogP) is -1.13. The maximum absolute atomic E-state index is 10.1. The minimum atomic E-state index is -1.73. The molecule has 0 aromatic heterocycles. The van der Waals surface area contributed by atoms with E-state index in [4.69, 9.17) is 15.4 Å². The van der Waals surface area contributed by atoms with Gasteiger partial charge < -0.3 is 15.4 Å². The maximum Gasteiger partial charge on any atom is 0.344 e. The van der Waals surface area contributed by atoms with Gasteiger partial charge in [-0.15, -0.1) is 0 Å². The van der Waals surface area contributed by atoms with Gasteiger partial charge in [0.15, 0.2) is 6.04 Å². The highest BCUT2D eigenvalue weighted by molar-refractivity contribution is 7.82. The van der Waals surface area contributed by atoms with Gasteiger partial charge in [0.2, 0.25) is 0 Å². The van der Waals surface area contributed by atoms with Crippen LogP contribution in [0.3, 0.4) is 0 Å². The number of thiocarbonyl (C=S) groups is 1. The standard InChI is InChI=1S/C4H5NO5S/c6-3(7)1(5-10)2(11)4(8)9/h1,5,10H,(H,6,7)(H,8,9). The van der Waals surface area contributed by atoms with Crippen molar-refractivity contribution in [2.24, 2.45) is 0 Å². The van der Waals surface area contributed by atoms with Crippen molar-refractivity contribution in [3.05, 3.63) is 0 Å². The van der Waals surface area contributed by atoms with E-state index in [2.05, 4.69) is 12.2 Å². The number of rotatable bonds is 4. The van der Waals surface area contributed by atoms with E-state index in [0.29, 0.717) is 0 Å². The zero-order valence-electron chi connectivity index (χ0n) is 5.14. The number of hydroxylamine groups is 1. The Kier molecular flexibility index (Phi) is 3.58. The molecule has 7 heteroatoms. The highest BCUT2D eigenvalue weighted by Crippen LogP contribution is 1.89. The maximum atomic E-state index is 10.1. The summed E-state index contributed by atoms with van der Waals surface area (Å²) >= 11 is 4.17. The van der Waals surface area contributed by atoms with Crippen LogP contribution in [0.15, 0.2) is 0 Å². The molecule has 0 aliphatic heterocycles. The number of hydrogen-bond acceptors (Lipinski definition) is 5. The fraction of sp³-hybridized carbons (Fsp3) is 0.250. The first-order valence-corrected chi connectivity index (χ1v) is 2.81. The van der Waals surface area contributed by atoms with Crippen molar-refractivity contribution < 1.29 is 25.0 Å². The molecule has 0 radical (unpaired) electrons. The number of hydrogen-bond donors (Lipinski definition) is 4. The van der Waals surface area contributed by atoms with Gasteiger partial charge >= 0.3 is 11.9 Å². The van der Waals surface area contributed by atoms with Crippen LogP contribution < -0.4 is 5.48 Å². The quantitative estimate of drug-likeness (QED) is 0.319. The van der Waals surface area contributed by atoms with Crippen LogP contribution in [0.5, 0.6) is 0 Å². The Balaban J connectivity index is 4.39. The minimum absolute atomic E-state index is 0.792. The molecular formula is C4H5NO5S. The van der Waals surface area contributed by atoms with Gasteiger partial charge in [-0.05, 0) is 0 Å². The van der Waals surface area contributed by atoms with Gasteiger partial charge in [-0.25, -0.2) is 4.79 Å². The number of aliphatic carboxylic acids is 2. The van der Waals surface area contributed by atoms with E-state index in [9.17, 15) is 9.59 Å². The smallest absolute Gasteiger partial charge is 0.344 e.